The van der Waals surface area contributed by atoms with E-state index in [2.05, 4.69) is 0 Å². The normalized spacial score (nSPS) is 13.6. The highest BCUT2D eigenvalue weighted by atomic mass is 16.6. The van der Waals surface area contributed by atoms with E-state index in [0.29, 0.717) is 18.7 Å². The van der Waals surface area contributed by atoms with E-state index >= 15 is 0 Å². The Bertz CT molecular complexity index is 968. The summed E-state index contributed by atoms with van der Waals surface area (Å²) in [6.45, 7) is 3.00. The first-order valence-electron chi connectivity index (χ1n) is 9.51. The average Bonchev–Trinajstić information content (AvgIpc) is 2.78. The summed E-state index contributed by atoms with van der Waals surface area (Å²) < 4.78 is 4.89. The number of ether oxygens (including phenoxy) is 1. The van der Waals surface area contributed by atoms with Gasteiger partial charge in [0.1, 0.15) is 0 Å². The van der Waals surface area contributed by atoms with E-state index < -0.39 is 16.8 Å². The quantitative estimate of drug-likeness (QED) is 0.424. The monoisotopic (exact) mass is 411 g/mol. The zero-order valence-electron chi connectivity index (χ0n) is 16.4. The van der Waals surface area contributed by atoms with Crippen LogP contribution >= 0.6 is 0 Å². The Balaban J connectivity index is 1.73. The first kappa shape index (κ1) is 21.0. The average molecular weight is 411 g/mol. The minimum atomic E-state index is -0.728. The summed E-state index contributed by atoms with van der Waals surface area (Å²) in [5, 5.41) is 11.2. The van der Waals surface area contributed by atoms with E-state index in [-0.39, 0.29) is 42.4 Å². The topological polar surface area (TPSA) is 110 Å². The number of amides is 2. The van der Waals surface area contributed by atoms with Crippen molar-refractivity contribution < 1.29 is 24.0 Å². The maximum Gasteiger partial charge on any atom is 0.338 e. The number of esters is 1. The van der Waals surface area contributed by atoms with E-state index in [9.17, 15) is 24.5 Å². The van der Waals surface area contributed by atoms with Crippen molar-refractivity contribution in [3.8, 4) is 0 Å². The molecular formula is C21H21N3O6. The molecule has 2 aromatic carbocycles. The number of nitro groups is 1. The number of hydrogen-bond donors (Lipinski definition) is 0. The number of rotatable bonds is 5. The van der Waals surface area contributed by atoms with Crippen molar-refractivity contribution in [2.24, 2.45) is 0 Å². The second-order valence-electron chi connectivity index (χ2n) is 6.70. The van der Waals surface area contributed by atoms with E-state index in [1.165, 1.54) is 11.0 Å². The summed E-state index contributed by atoms with van der Waals surface area (Å²) in [5.41, 5.74) is 0.208. The molecular weight excluding hydrogens is 390 g/mol. The van der Waals surface area contributed by atoms with E-state index in [1.54, 1.807) is 36.1 Å². The van der Waals surface area contributed by atoms with Crippen LogP contribution in [0.3, 0.4) is 0 Å². The maximum atomic E-state index is 12.9. The molecule has 1 fully saturated rings. The summed E-state index contributed by atoms with van der Waals surface area (Å²) in [5.74, 6) is -1.27. The van der Waals surface area contributed by atoms with Crippen LogP contribution in [-0.2, 0) is 4.74 Å². The lowest BCUT2D eigenvalue weighted by molar-refractivity contribution is -0.384. The zero-order valence-corrected chi connectivity index (χ0v) is 16.4. The maximum absolute atomic E-state index is 12.9. The van der Waals surface area contributed by atoms with Crippen LogP contribution in [0, 0.1) is 10.1 Å². The first-order valence-corrected chi connectivity index (χ1v) is 9.51. The van der Waals surface area contributed by atoms with Crippen LogP contribution in [0.25, 0.3) is 0 Å². The summed E-state index contributed by atoms with van der Waals surface area (Å²) >= 11 is 0. The third-order valence-electron chi connectivity index (χ3n) is 4.76. The van der Waals surface area contributed by atoms with Crippen LogP contribution in [0.4, 0.5) is 5.69 Å². The predicted molar refractivity (Wildman–Crippen MR) is 107 cm³/mol. The summed E-state index contributed by atoms with van der Waals surface area (Å²) in [4.78, 5) is 51.2. The van der Waals surface area contributed by atoms with E-state index in [0.717, 1.165) is 12.1 Å². The second-order valence-corrected chi connectivity index (χ2v) is 6.70. The van der Waals surface area contributed by atoms with Gasteiger partial charge >= 0.3 is 5.97 Å². The number of carbonyl (C=O) groups excluding carboxylic acids is 3. The number of nitrogens with zero attached hydrogens (tertiary/aromatic N) is 3. The van der Waals surface area contributed by atoms with Gasteiger partial charge in [0.2, 0.25) is 0 Å². The summed E-state index contributed by atoms with van der Waals surface area (Å²) in [6.07, 6.45) is 0. The fourth-order valence-corrected chi connectivity index (χ4v) is 3.23. The molecule has 2 amide bonds. The molecule has 30 heavy (non-hydrogen) atoms. The lowest BCUT2D eigenvalue weighted by Crippen LogP contribution is -2.50. The van der Waals surface area contributed by atoms with Crippen LogP contribution in [-0.4, -0.2) is 65.3 Å². The molecule has 0 N–H and O–H groups in total. The third-order valence-corrected chi connectivity index (χ3v) is 4.76. The van der Waals surface area contributed by atoms with Gasteiger partial charge in [-0.2, -0.15) is 0 Å². The molecule has 0 bridgehead atoms. The molecule has 1 saturated heterocycles. The first-order chi connectivity index (χ1) is 14.4. The molecule has 0 radical (unpaired) electrons. The minimum Gasteiger partial charge on any atom is -0.462 e. The van der Waals surface area contributed by atoms with Crippen molar-refractivity contribution in [1.29, 1.82) is 0 Å². The van der Waals surface area contributed by atoms with E-state index in [4.69, 9.17) is 4.74 Å². The minimum absolute atomic E-state index is 0.0371. The Morgan fingerprint density at radius 3 is 1.97 bits per heavy atom. The van der Waals surface area contributed by atoms with Crippen molar-refractivity contribution in [3.63, 3.8) is 0 Å². The molecule has 1 heterocycles. The molecule has 0 aromatic heterocycles. The molecule has 0 atom stereocenters. The van der Waals surface area contributed by atoms with Gasteiger partial charge in [-0.1, -0.05) is 18.2 Å². The SMILES string of the molecule is CCOC(=O)c1cc(C(=O)N2CCN(C(=O)c3ccccc3)CC2)cc([N+](=O)[O-])c1. The van der Waals surface area contributed by atoms with Crippen LogP contribution < -0.4 is 0 Å². The molecule has 0 spiro atoms. The van der Waals surface area contributed by atoms with Crippen LogP contribution in [0.2, 0.25) is 0 Å². The Morgan fingerprint density at radius 1 is 0.900 bits per heavy atom. The standard InChI is InChI=1S/C21H21N3O6/c1-2-30-21(27)17-12-16(13-18(14-17)24(28)29)20(26)23-10-8-22(9-11-23)19(25)15-6-4-3-5-7-15/h3-7,12-14H,2,8-11H2,1H3. The molecule has 1 aliphatic heterocycles. The highest BCUT2D eigenvalue weighted by Gasteiger charge is 2.27. The van der Waals surface area contributed by atoms with Gasteiger partial charge in [0.25, 0.3) is 17.5 Å². The van der Waals surface area contributed by atoms with Gasteiger partial charge in [-0.25, -0.2) is 4.79 Å². The highest BCUT2D eigenvalue weighted by Crippen LogP contribution is 2.20. The molecule has 156 valence electrons. The number of benzene rings is 2. The second kappa shape index (κ2) is 9.17. The molecule has 9 heteroatoms. The number of hydrogen-bond acceptors (Lipinski definition) is 6. The van der Waals surface area contributed by atoms with Crippen molar-refractivity contribution >= 4 is 23.5 Å². The van der Waals surface area contributed by atoms with Gasteiger partial charge in [0.05, 0.1) is 17.1 Å². The Kier molecular flexibility index (Phi) is 6.41. The Hall–Kier alpha value is -3.75. The van der Waals surface area contributed by atoms with Crippen LogP contribution in [0.15, 0.2) is 48.5 Å². The fraction of sp³-hybridized carbons (Fsp3) is 0.286. The summed E-state index contributed by atoms with van der Waals surface area (Å²) in [7, 11) is 0. The lowest BCUT2D eigenvalue weighted by Gasteiger charge is -2.34. The number of nitro benzene ring substituents is 1. The van der Waals surface area contributed by atoms with Crippen molar-refractivity contribution in [2.75, 3.05) is 32.8 Å². The highest BCUT2D eigenvalue weighted by molar-refractivity contribution is 5.99. The largest absolute Gasteiger partial charge is 0.462 e. The molecule has 9 nitrogen and oxygen atoms in total. The zero-order chi connectivity index (χ0) is 21.7. The molecule has 0 aliphatic carbocycles. The van der Waals surface area contributed by atoms with Crippen molar-refractivity contribution in [2.45, 2.75) is 6.92 Å². The van der Waals surface area contributed by atoms with Gasteiger partial charge < -0.3 is 14.5 Å². The van der Waals surface area contributed by atoms with Crippen LogP contribution in [0.5, 0.6) is 0 Å². The summed E-state index contributed by atoms with van der Waals surface area (Å²) in [6, 6.07) is 12.4. The number of carbonyl (C=O) groups is 3. The third kappa shape index (κ3) is 4.62. The molecule has 0 saturated carbocycles. The molecule has 3 rings (SSSR count). The molecule has 1 aliphatic rings. The van der Waals surface area contributed by atoms with E-state index in [1.807, 2.05) is 6.07 Å². The van der Waals surface area contributed by atoms with Crippen molar-refractivity contribution in [1.82, 2.24) is 9.80 Å². The van der Waals surface area contributed by atoms with Gasteiger partial charge in [-0.15, -0.1) is 0 Å². The van der Waals surface area contributed by atoms with Gasteiger partial charge in [-0.3, -0.25) is 19.7 Å². The van der Waals surface area contributed by atoms with Gasteiger partial charge in [0, 0.05) is 49.4 Å². The molecule has 2 aromatic rings. The predicted octanol–water partition coefficient (Wildman–Crippen LogP) is 2.37. The van der Waals surface area contributed by atoms with Gasteiger partial charge in [-0.05, 0) is 25.1 Å². The van der Waals surface area contributed by atoms with Crippen LogP contribution in [0.1, 0.15) is 38.0 Å². The Morgan fingerprint density at radius 2 is 1.43 bits per heavy atom. The lowest BCUT2D eigenvalue weighted by atomic mass is 10.1. The number of non-ortho nitro benzene ring substituents is 1. The molecule has 0 unspecified atom stereocenters. The van der Waals surface area contributed by atoms with Gasteiger partial charge in [0.15, 0.2) is 0 Å². The Labute approximate surface area is 173 Å². The fourth-order valence-electron chi connectivity index (χ4n) is 3.23. The van der Waals surface area contributed by atoms with Crippen molar-refractivity contribution in [3.05, 3.63) is 75.3 Å². The number of piperazine rings is 1. The smallest absolute Gasteiger partial charge is 0.338 e.